The highest BCUT2D eigenvalue weighted by molar-refractivity contribution is 7.80. The number of nitrogens with zero attached hydrogens (tertiary/aromatic N) is 2. The van der Waals surface area contributed by atoms with Gasteiger partial charge in [0, 0.05) is 37.3 Å². The van der Waals surface area contributed by atoms with E-state index in [1.165, 1.54) is 0 Å². The minimum atomic E-state index is -1.74. The van der Waals surface area contributed by atoms with Crippen molar-refractivity contribution in [2.24, 2.45) is 5.92 Å². The van der Waals surface area contributed by atoms with Gasteiger partial charge in [-0.2, -0.15) is 0 Å². The number of alkyl halides is 3. The highest BCUT2D eigenvalue weighted by atomic mass is 35.6. The lowest BCUT2D eigenvalue weighted by atomic mass is 9.83. The summed E-state index contributed by atoms with van der Waals surface area (Å²) in [6.07, 6.45) is 0.540. The van der Waals surface area contributed by atoms with E-state index >= 15 is 0 Å². The van der Waals surface area contributed by atoms with E-state index in [0.717, 1.165) is 12.1 Å². The molecule has 2 bridgehead atoms. The van der Waals surface area contributed by atoms with E-state index < -0.39 is 9.96 Å². The number of fused-ring (bicyclic) bond motifs is 4. The molecule has 3 heterocycles. The van der Waals surface area contributed by atoms with Crippen LogP contribution in [0.15, 0.2) is 23.0 Å². The number of nitrogens with one attached hydrogen (secondary N) is 2. The van der Waals surface area contributed by atoms with Crippen molar-refractivity contribution in [2.75, 3.05) is 13.1 Å². The third-order valence-corrected chi connectivity index (χ3v) is 5.63. The average Bonchev–Trinajstić information content (AvgIpc) is 2.54. The molecule has 1 amide bonds. The van der Waals surface area contributed by atoms with Crippen molar-refractivity contribution in [1.82, 2.24) is 20.1 Å². The standard InChI is InChI=1S/C15H17Cl3N4O2S/c16-15(17,18)13(19-8-23)20-14(25)21-5-9-4-10(7-21)11-2-1-3-12(24)22(11)6-9/h1-3,8-10,13H,4-7H2,(H,19,23)(H,20,25)/t9-,10-,13?/m1/s1. The van der Waals surface area contributed by atoms with Gasteiger partial charge in [0.1, 0.15) is 6.17 Å². The Bertz CT molecular complexity index is 736. The average molecular weight is 424 g/mol. The van der Waals surface area contributed by atoms with Gasteiger partial charge in [-0.3, -0.25) is 9.59 Å². The summed E-state index contributed by atoms with van der Waals surface area (Å²) in [4.78, 5) is 24.8. The summed E-state index contributed by atoms with van der Waals surface area (Å²) in [5, 5.41) is 5.73. The number of rotatable bonds is 3. The summed E-state index contributed by atoms with van der Waals surface area (Å²) < 4.78 is 0.112. The Hall–Kier alpha value is -1.02. The van der Waals surface area contributed by atoms with Gasteiger partial charge in [0.15, 0.2) is 5.11 Å². The van der Waals surface area contributed by atoms with Crippen LogP contribution in [0.25, 0.3) is 0 Å². The Labute approximate surface area is 165 Å². The number of hydrogen-bond donors (Lipinski definition) is 2. The molecular weight excluding hydrogens is 407 g/mol. The van der Waals surface area contributed by atoms with Gasteiger partial charge >= 0.3 is 0 Å². The number of halogens is 3. The van der Waals surface area contributed by atoms with Crippen molar-refractivity contribution in [3.05, 3.63) is 34.2 Å². The highest BCUT2D eigenvalue weighted by Gasteiger charge is 2.38. The number of likely N-dealkylation sites (tertiary alicyclic amines) is 1. The Kier molecular flexibility index (Phi) is 5.48. The molecule has 1 aromatic heterocycles. The molecule has 1 aromatic rings. The Balaban J connectivity index is 1.75. The third-order valence-electron chi connectivity index (χ3n) is 4.60. The van der Waals surface area contributed by atoms with Crippen LogP contribution in [-0.4, -0.2) is 44.0 Å². The van der Waals surface area contributed by atoms with Crippen molar-refractivity contribution in [3.8, 4) is 0 Å². The van der Waals surface area contributed by atoms with Crippen molar-refractivity contribution in [1.29, 1.82) is 0 Å². The molecule has 0 saturated carbocycles. The van der Waals surface area contributed by atoms with Crippen LogP contribution in [0.1, 0.15) is 18.0 Å². The number of thiocarbonyl (C=S) groups is 1. The lowest BCUT2D eigenvalue weighted by Gasteiger charge is -2.44. The maximum atomic E-state index is 12.1. The second kappa shape index (κ2) is 7.31. The SMILES string of the molecule is O=CNC(NC(=S)N1C[C@H]2C[C@H](C1)c1cccc(=O)n1C2)C(Cl)(Cl)Cl. The number of hydrogen-bond acceptors (Lipinski definition) is 3. The molecule has 1 saturated heterocycles. The first-order valence-electron chi connectivity index (χ1n) is 7.81. The molecule has 10 heteroatoms. The lowest BCUT2D eigenvalue weighted by Crippen LogP contribution is -2.58. The van der Waals surface area contributed by atoms with Crippen LogP contribution in [0.3, 0.4) is 0 Å². The van der Waals surface area contributed by atoms with E-state index in [9.17, 15) is 9.59 Å². The summed E-state index contributed by atoms with van der Waals surface area (Å²) in [7, 11) is 0. The maximum absolute atomic E-state index is 12.1. The summed E-state index contributed by atoms with van der Waals surface area (Å²) >= 11 is 23.1. The Morgan fingerprint density at radius 1 is 1.32 bits per heavy atom. The van der Waals surface area contributed by atoms with E-state index in [0.29, 0.717) is 37.1 Å². The first-order valence-corrected chi connectivity index (χ1v) is 9.35. The second-order valence-electron chi connectivity index (χ2n) is 6.31. The molecule has 3 atom stereocenters. The molecule has 0 radical (unpaired) electrons. The zero-order chi connectivity index (χ0) is 18.2. The van der Waals surface area contributed by atoms with E-state index in [4.69, 9.17) is 47.0 Å². The minimum Gasteiger partial charge on any atom is -0.348 e. The van der Waals surface area contributed by atoms with Gasteiger partial charge < -0.3 is 20.1 Å². The summed E-state index contributed by atoms with van der Waals surface area (Å²) in [5.74, 6) is 0.530. The first-order chi connectivity index (χ1) is 11.8. The maximum Gasteiger partial charge on any atom is 0.250 e. The normalized spacial score (nSPS) is 23.4. The molecule has 6 nitrogen and oxygen atoms in total. The summed E-state index contributed by atoms with van der Waals surface area (Å²) in [6.45, 7) is 2.04. The molecule has 0 spiro atoms. The smallest absolute Gasteiger partial charge is 0.250 e. The van der Waals surface area contributed by atoms with E-state index in [1.54, 1.807) is 12.1 Å². The summed E-state index contributed by atoms with van der Waals surface area (Å²) in [6, 6.07) is 5.36. The van der Waals surface area contributed by atoms with Crippen LogP contribution >= 0.6 is 47.0 Å². The highest BCUT2D eigenvalue weighted by Crippen LogP contribution is 2.35. The van der Waals surface area contributed by atoms with Gasteiger partial charge in [0.05, 0.1) is 0 Å². The Morgan fingerprint density at radius 3 is 2.76 bits per heavy atom. The molecule has 0 aromatic carbocycles. The number of pyridine rings is 1. The molecule has 25 heavy (non-hydrogen) atoms. The van der Waals surface area contributed by atoms with Gasteiger partial charge in [0.2, 0.25) is 10.2 Å². The van der Waals surface area contributed by atoms with Crippen molar-refractivity contribution in [3.63, 3.8) is 0 Å². The topological polar surface area (TPSA) is 66.4 Å². The quantitative estimate of drug-likeness (QED) is 0.334. The third kappa shape index (κ3) is 4.05. The van der Waals surface area contributed by atoms with Crippen LogP contribution in [0.5, 0.6) is 0 Å². The number of aromatic nitrogens is 1. The zero-order valence-electron chi connectivity index (χ0n) is 13.1. The van der Waals surface area contributed by atoms with Crippen LogP contribution in [0.2, 0.25) is 0 Å². The number of carbonyl (C=O) groups excluding carboxylic acids is 1. The van der Waals surface area contributed by atoms with Crippen LogP contribution in [-0.2, 0) is 11.3 Å². The largest absolute Gasteiger partial charge is 0.348 e. The minimum absolute atomic E-state index is 0.0350. The number of amides is 1. The van der Waals surface area contributed by atoms with Gasteiger partial charge in [-0.1, -0.05) is 40.9 Å². The van der Waals surface area contributed by atoms with Gasteiger partial charge in [-0.15, -0.1) is 0 Å². The van der Waals surface area contributed by atoms with Gasteiger partial charge in [0.25, 0.3) is 5.56 Å². The lowest BCUT2D eigenvalue weighted by molar-refractivity contribution is -0.110. The first kappa shape index (κ1) is 18.8. The molecule has 136 valence electrons. The molecule has 1 unspecified atom stereocenters. The fourth-order valence-corrected chi connectivity index (χ4v) is 4.18. The predicted octanol–water partition coefficient (Wildman–Crippen LogP) is 1.58. The van der Waals surface area contributed by atoms with Crippen molar-refractivity contribution in [2.45, 2.75) is 28.8 Å². The van der Waals surface area contributed by atoms with Gasteiger partial charge in [-0.25, -0.2) is 0 Å². The van der Waals surface area contributed by atoms with Crippen LogP contribution < -0.4 is 16.2 Å². The Morgan fingerprint density at radius 2 is 2.08 bits per heavy atom. The van der Waals surface area contributed by atoms with Gasteiger partial charge in [-0.05, 0) is 30.6 Å². The number of piperidine rings is 1. The second-order valence-corrected chi connectivity index (χ2v) is 9.07. The molecule has 2 aliphatic heterocycles. The summed E-state index contributed by atoms with van der Waals surface area (Å²) in [5.41, 5.74) is 1.06. The van der Waals surface area contributed by atoms with E-state index in [-0.39, 0.29) is 11.5 Å². The molecular formula is C15H17Cl3N4O2S. The molecule has 3 rings (SSSR count). The van der Waals surface area contributed by atoms with Crippen molar-refractivity contribution >= 4 is 58.5 Å². The molecule has 0 aliphatic carbocycles. The predicted molar refractivity (Wildman–Crippen MR) is 102 cm³/mol. The van der Waals surface area contributed by atoms with E-state index in [2.05, 4.69) is 10.6 Å². The zero-order valence-corrected chi connectivity index (χ0v) is 16.2. The van der Waals surface area contributed by atoms with Crippen LogP contribution in [0, 0.1) is 5.92 Å². The van der Waals surface area contributed by atoms with Crippen LogP contribution in [0.4, 0.5) is 0 Å². The van der Waals surface area contributed by atoms with Crippen molar-refractivity contribution < 1.29 is 4.79 Å². The monoisotopic (exact) mass is 422 g/mol. The molecule has 2 aliphatic rings. The molecule has 1 fully saturated rings. The number of carbonyl (C=O) groups is 1. The van der Waals surface area contributed by atoms with E-state index in [1.807, 2.05) is 15.5 Å². The fourth-order valence-electron chi connectivity index (χ4n) is 3.56. The molecule has 2 N–H and O–H groups in total. The fraction of sp³-hybridized carbons (Fsp3) is 0.533.